The Labute approximate surface area is 205 Å². The molecule has 0 fully saturated rings. The summed E-state index contributed by atoms with van der Waals surface area (Å²) in [6, 6.07) is 27.3. The van der Waals surface area contributed by atoms with Crippen molar-refractivity contribution >= 4 is 10.9 Å². The SMILES string of the molecule is Fc1ccccc1COc1cccc(-c2c(Cc3ccccc3)cnc3c(C(F)(F)F)cccc23)c1. The van der Waals surface area contributed by atoms with Crippen molar-refractivity contribution in [1.29, 1.82) is 0 Å². The predicted molar refractivity (Wildman–Crippen MR) is 132 cm³/mol. The van der Waals surface area contributed by atoms with Gasteiger partial charge in [0.2, 0.25) is 0 Å². The summed E-state index contributed by atoms with van der Waals surface area (Å²) in [5.41, 5.74) is 2.69. The van der Waals surface area contributed by atoms with E-state index in [4.69, 9.17) is 4.74 Å². The number of nitrogens with zero attached hydrogens (tertiary/aromatic N) is 1. The van der Waals surface area contributed by atoms with Crippen LogP contribution >= 0.6 is 0 Å². The van der Waals surface area contributed by atoms with Gasteiger partial charge in [-0.2, -0.15) is 13.2 Å². The van der Waals surface area contributed by atoms with Crippen LogP contribution in [0, 0.1) is 5.82 Å². The lowest BCUT2D eigenvalue weighted by atomic mass is 9.92. The topological polar surface area (TPSA) is 22.1 Å². The van der Waals surface area contributed by atoms with E-state index in [-0.39, 0.29) is 17.9 Å². The van der Waals surface area contributed by atoms with Crippen LogP contribution < -0.4 is 4.74 Å². The van der Waals surface area contributed by atoms with Gasteiger partial charge in [0.1, 0.15) is 18.2 Å². The summed E-state index contributed by atoms with van der Waals surface area (Å²) in [6.45, 7) is 0.0301. The van der Waals surface area contributed by atoms with Gasteiger partial charge in [-0.15, -0.1) is 0 Å². The van der Waals surface area contributed by atoms with Gasteiger partial charge in [-0.05, 0) is 52.9 Å². The van der Waals surface area contributed by atoms with E-state index in [9.17, 15) is 17.6 Å². The number of pyridine rings is 1. The maximum Gasteiger partial charge on any atom is 0.418 e. The fourth-order valence-electron chi connectivity index (χ4n) is 4.30. The van der Waals surface area contributed by atoms with Gasteiger partial charge in [0, 0.05) is 17.1 Å². The van der Waals surface area contributed by atoms with Crippen LogP contribution in [0.1, 0.15) is 22.3 Å². The van der Waals surface area contributed by atoms with E-state index in [0.29, 0.717) is 34.2 Å². The van der Waals surface area contributed by atoms with Gasteiger partial charge in [-0.25, -0.2) is 4.39 Å². The van der Waals surface area contributed by atoms with Crippen molar-refractivity contribution in [3.05, 3.63) is 131 Å². The monoisotopic (exact) mass is 487 g/mol. The third-order valence-corrected chi connectivity index (χ3v) is 5.99. The van der Waals surface area contributed by atoms with Crippen molar-refractivity contribution in [1.82, 2.24) is 4.98 Å². The van der Waals surface area contributed by atoms with Crippen molar-refractivity contribution in [2.24, 2.45) is 0 Å². The van der Waals surface area contributed by atoms with Crippen molar-refractivity contribution in [2.75, 3.05) is 0 Å². The van der Waals surface area contributed by atoms with Gasteiger partial charge < -0.3 is 4.74 Å². The standard InChI is InChI=1S/C30H21F4NO/c31-27-15-5-4-10-22(27)19-36-24-12-6-11-21(17-24)28-23(16-20-8-2-1-3-9-20)18-35-29-25(28)13-7-14-26(29)30(32,33)34/h1-15,17-18H,16,19H2. The molecule has 0 saturated heterocycles. The van der Waals surface area contributed by atoms with Crippen molar-refractivity contribution in [2.45, 2.75) is 19.2 Å². The Hall–Kier alpha value is -4.19. The molecule has 36 heavy (non-hydrogen) atoms. The summed E-state index contributed by atoms with van der Waals surface area (Å²) in [7, 11) is 0. The molecule has 0 bridgehead atoms. The number of para-hydroxylation sites is 1. The molecule has 2 nitrogen and oxygen atoms in total. The molecule has 0 unspecified atom stereocenters. The highest BCUT2D eigenvalue weighted by atomic mass is 19.4. The number of fused-ring (bicyclic) bond motifs is 1. The van der Waals surface area contributed by atoms with Gasteiger partial charge in [-0.3, -0.25) is 4.98 Å². The Balaban J connectivity index is 1.61. The van der Waals surface area contributed by atoms with Crippen LogP contribution in [0.5, 0.6) is 5.75 Å². The molecular formula is C30H21F4NO. The third kappa shape index (κ3) is 4.93. The van der Waals surface area contributed by atoms with Crippen LogP contribution in [0.15, 0.2) is 103 Å². The molecule has 0 aliphatic carbocycles. The van der Waals surface area contributed by atoms with Crippen LogP contribution in [0.4, 0.5) is 17.6 Å². The molecule has 5 rings (SSSR count). The van der Waals surface area contributed by atoms with Crippen molar-refractivity contribution in [3.63, 3.8) is 0 Å². The second-order valence-electron chi connectivity index (χ2n) is 8.43. The molecule has 0 atom stereocenters. The molecule has 0 radical (unpaired) electrons. The van der Waals surface area contributed by atoms with Gasteiger partial charge in [0.25, 0.3) is 0 Å². The van der Waals surface area contributed by atoms with E-state index in [1.54, 1.807) is 42.5 Å². The van der Waals surface area contributed by atoms with E-state index >= 15 is 0 Å². The van der Waals surface area contributed by atoms with E-state index in [2.05, 4.69) is 4.98 Å². The number of aromatic nitrogens is 1. The Kier molecular flexibility index (Phi) is 6.42. The zero-order valence-electron chi connectivity index (χ0n) is 19.1. The van der Waals surface area contributed by atoms with Crippen LogP contribution in [-0.2, 0) is 19.2 Å². The van der Waals surface area contributed by atoms with Gasteiger partial charge >= 0.3 is 6.18 Å². The minimum atomic E-state index is -4.53. The molecule has 1 aromatic heterocycles. The minimum absolute atomic E-state index is 0.0301. The molecule has 0 spiro atoms. The number of halogens is 4. The van der Waals surface area contributed by atoms with Gasteiger partial charge in [0.15, 0.2) is 0 Å². The second kappa shape index (κ2) is 9.82. The summed E-state index contributed by atoms with van der Waals surface area (Å²) < 4.78 is 61.2. The zero-order valence-corrected chi connectivity index (χ0v) is 19.1. The Morgan fingerprint density at radius 1 is 0.750 bits per heavy atom. The zero-order chi connectivity index (χ0) is 25.1. The normalized spacial score (nSPS) is 11.6. The van der Waals surface area contributed by atoms with E-state index in [0.717, 1.165) is 17.2 Å². The molecule has 0 aliphatic rings. The van der Waals surface area contributed by atoms with Crippen molar-refractivity contribution in [3.8, 4) is 16.9 Å². The highest BCUT2D eigenvalue weighted by Crippen LogP contribution is 2.39. The largest absolute Gasteiger partial charge is 0.489 e. The number of benzene rings is 4. The maximum atomic E-state index is 14.0. The third-order valence-electron chi connectivity index (χ3n) is 5.99. The number of ether oxygens (including phenoxy) is 1. The first-order valence-corrected chi connectivity index (χ1v) is 11.4. The lowest BCUT2D eigenvalue weighted by Gasteiger charge is -2.17. The van der Waals surface area contributed by atoms with Crippen molar-refractivity contribution < 1.29 is 22.3 Å². The number of hydrogen-bond donors (Lipinski definition) is 0. The molecule has 4 aromatic carbocycles. The number of alkyl halides is 3. The molecule has 0 amide bonds. The first-order chi connectivity index (χ1) is 17.4. The van der Waals surface area contributed by atoms with Crippen LogP contribution in [0.3, 0.4) is 0 Å². The summed E-state index contributed by atoms with van der Waals surface area (Å²) in [5.74, 6) is 0.122. The van der Waals surface area contributed by atoms with Crippen LogP contribution in [0.2, 0.25) is 0 Å². The maximum absolute atomic E-state index is 14.0. The molecule has 0 N–H and O–H groups in total. The Bertz CT molecular complexity index is 1510. The van der Waals surface area contributed by atoms with Crippen LogP contribution in [-0.4, -0.2) is 4.98 Å². The second-order valence-corrected chi connectivity index (χ2v) is 8.43. The van der Waals surface area contributed by atoms with E-state index in [1.165, 1.54) is 18.3 Å². The van der Waals surface area contributed by atoms with Gasteiger partial charge in [-0.1, -0.05) is 72.8 Å². The van der Waals surface area contributed by atoms with E-state index < -0.39 is 11.7 Å². The smallest absolute Gasteiger partial charge is 0.418 e. The Morgan fingerprint density at radius 3 is 2.28 bits per heavy atom. The number of rotatable bonds is 6. The van der Waals surface area contributed by atoms with Gasteiger partial charge in [0.05, 0.1) is 11.1 Å². The predicted octanol–water partition coefficient (Wildman–Crippen LogP) is 8.23. The minimum Gasteiger partial charge on any atom is -0.489 e. The molecule has 1 heterocycles. The molecule has 6 heteroatoms. The number of hydrogen-bond acceptors (Lipinski definition) is 2. The molecular weight excluding hydrogens is 466 g/mol. The summed E-state index contributed by atoms with van der Waals surface area (Å²) in [5, 5.41) is 0.407. The first-order valence-electron chi connectivity index (χ1n) is 11.4. The molecule has 0 saturated carbocycles. The highest BCUT2D eigenvalue weighted by molar-refractivity contribution is 5.98. The average Bonchev–Trinajstić information content (AvgIpc) is 2.88. The average molecular weight is 487 g/mol. The summed E-state index contributed by atoms with van der Waals surface area (Å²) in [4.78, 5) is 4.25. The quantitative estimate of drug-likeness (QED) is 0.225. The lowest BCUT2D eigenvalue weighted by Crippen LogP contribution is -2.07. The molecule has 5 aromatic rings. The highest BCUT2D eigenvalue weighted by Gasteiger charge is 2.33. The Morgan fingerprint density at radius 2 is 1.50 bits per heavy atom. The lowest BCUT2D eigenvalue weighted by molar-refractivity contribution is -0.136. The summed E-state index contributed by atoms with van der Waals surface area (Å²) >= 11 is 0. The van der Waals surface area contributed by atoms with E-state index in [1.807, 2.05) is 36.4 Å². The molecule has 180 valence electrons. The summed E-state index contributed by atoms with van der Waals surface area (Å²) in [6.07, 6.45) is -2.52. The van der Waals surface area contributed by atoms with Crippen LogP contribution in [0.25, 0.3) is 22.0 Å². The molecule has 0 aliphatic heterocycles. The first kappa shape index (κ1) is 23.5. The fourth-order valence-corrected chi connectivity index (χ4v) is 4.30. The fraction of sp³-hybridized carbons (Fsp3) is 0.100.